The molecule has 0 atom stereocenters. The molecule has 0 fully saturated rings. The van der Waals surface area contributed by atoms with Crippen molar-refractivity contribution >= 4 is 21.4 Å². The molecular formula is C25H17F6N3O4S. The van der Waals surface area contributed by atoms with Gasteiger partial charge in [0, 0.05) is 23.7 Å². The van der Waals surface area contributed by atoms with Gasteiger partial charge in [-0.15, -0.1) is 13.2 Å². The van der Waals surface area contributed by atoms with E-state index in [2.05, 4.69) is 15.2 Å². The van der Waals surface area contributed by atoms with Crippen LogP contribution in [-0.2, 0) is 16.0 Å². The summed E-state index contributed by atoms with van der Waals surface area (Å²) < 4.78 is 105. The van der Waals surface area contributed by atoms with Gasteiger partial charge in [0.1, 0.15) is 11.4 Å². The fraction of sp³-hybridized carbons (Fsp3) is 0.120. The van der Waals surface area contributed by atoms with Gasteiger partial charge in [-0.05, 0) is 54.6 Å². The highest BCUT2D eigenvalue weighted by molar-refractivity contribution is 7.90. The number of aromatic nitrogens is 2. The van der Waals surface area contributed by atoms with E-state index < -0.39 is 39.6 Å². The summed E-state index contributed by atoms with van der Waals surface area (Å²) in [4.78, 5) is 13.2. The van der Waals surface area contributed by atoms with E-state index in [9.17, 15) is 39.6 Å². The summed E-state index contributed by atoms with van der Waals surface area (Å²) in [6, 6.07) is 13.9. The molecule has 0 saturated heterocycles. The average molecular weight is 569 g/mol. The second-order valence-corrected chi connectivity index (χ2v) is 10.2. The molecule has 1 amide bonds. The minimum absolute atomic E-state index is 0.000836. The van der Waals surface area contributed by atoms with E-state index in [0.717, 1.165) is 36.6 Å². The maximum absolute atomic E-state index is 13.2. The van der Waals surface area contributed by atoms with Gasteiger partial charge in [-0.3, -0.25) is 4.79 Å². The molecule has 0 aliphatic carbocycles. The molecular weight excluding hydrogens is 552 g/mol. The molecule has 204 valence electrons. The lowest BCUT2D eigenvalue weighted by molar-refractivity contribution is -0.274. The van der Waals surface area contributed by atoms with Crippen LogP contribution in [-0.4, -0.2) is 36.7 Å². The van der Waals surface area contributed by atoms with Crippen LogP contribution >= 0.6 is 0 Å². The number of nitrogens with zero attached hydrogens (tertiary/aromatic N) is 2. The summed E-state index contributed by atoms with van der Waals surface area (Å²) in [5.41, 5.74) is -0.655. The smallest absolute Gasteiger partial charge is 0.406 e. The lowest BCUT2D eigenvalue weighted by Gasteiger charge is -2.10. The summed E-state index contributed by atoms with van der Waals surface area (Å²) in [6.07, 6.45) is -7.29. The molecule has 7 nitrogen and oxygen atoms in total. The molecule has 39 heavy (non-hydrogen) atoms. The van der Waals surface area contributed by atoms with Crippen LogP contribution in [0.4, 0.5) is 32.0 Å². The first-order chi connectivity index (χ1) is 18.1. The Labute approximate surface area is 217 Å². The molecule has 0 aliphatic rings. The summed E-state index contributed by atoms with van der Waals surface area (Å²) in [6.45, 7) is 0. The molecule has 0 bridgehead atoms. The summed E-state index contributed by atoms with van der Waals surface area (Å²) in [5, 5.41) is 6.71. The van der Waals surface area contributed by atoms with Gasteiger partial charge in [0.05, 0.1) is 21.7 Å². The molecule has 14 heteroatoms. The molecule has 1 aromatic heterocycles. The molecule has 4 rings (SSSR count). The SMILES string of the molecule is CS(=O)(=O)c1ccc(-c2nn(-c3ccc(OC(F)(F)F)cc3)cc2C(=O)Nc2cccc(C(F)(F)F)c2)cc1. The summed E-state index contributed by atoms with van der Waals surface area (Å²) in [5.74, 6) is -1.32. The van der Waals surface area contributed by atoms with Crippen LogP contribution in [0.15, 0.2) is 83.9 Å². The number of alkyl halides is 6. The van der Waals surface area contributed by atoms with Crippen molar-refractivity contribution in [2.24, 2.45) is 0 Å². The number of ether oxygens (including phenoxy) is 1. The van der Waals surface area contributed by atoms with Crippen molar-refractivity contribution in [3.8, 4) is 22.7 Å². The Morgan fingerprint density at radius 1 is 0.923 bits per heavy atom. The van der Waals surface area contributed by atoms with Crippen molar-refractivity contribution in [3.05, 3.63) is 90.1 Å². The number of hydrogen-bond donors (Lipinski definition) is 1. The number of amides is 1. The van der Waals surface area contributed by atoms with Gasteiger partial charge in [0.15, 0.2) is 9.84 Å². The van der Waals surface area contributed by atoms with Gasteiger partial charge in [-0.25, -0.2) is 13.1 Å². The lowest BCUT2D eigenvalue weighted by Crippen LogP contribution is -2.17. The summed E-state index contributed by atoms with van der Waals surface area (Å²) >= 11 is 0. The molecule has 0 aliphatic heterocycles. The number of rotatable bonds is 6. The first-order valence-electron chi connectivity index (χ1n) is 10.9. The molecule has 1 heterocycles. The van der Waals surface area contributed by atoms with Crippen molar-refractivity contribution in [2.45, 2.75) is 17.4 Å². The van der Waals surface area contributed by atoms with E-state index in [1.165, 1.54) is 53.3 Å². The number of nitrogens with one attached hydrogen (secondary N) is 1. The van der Waals surface area contributed by atoms with Crippen LogP contribution in [0.2, 0.25) is 0 Å². The third kappa shape index (κ3) is 6.76. The molecule has 0 saturated carbocycles. The van der Waals surface area contributed by atoms with Gasteiger partial charge in [-0.1, -0.05) is 18.2 Å². The quantitative estimate of drug-likeness (QED) is 0.283. The Bertz CT molecular complexity index is 1610. The predicted molar refractivity (Wildman–Crippen MR) is 128 cm³/mol. The molecule has 1 N–H and O–H groups in total. The number of hydrogen-bond acceptors (Lipinski definition) is 5. The zero-order valence-electron chi connectivity index (χ0n) is 19.7. The van der Waals surface area contributed by atoms with E-state index in [1.807, 2.05) is 0 Å². The second-order valence-electron chi connectivity index (χ2n) is 8.21. The zero-order chi connectivity index (χ0) is 28.6. The largest absolute Gasteiger partial charge is 0.573 e. The highest BCUT2D eigenvalue weighted by Gasteiger charge is 2.32. The lowest BCUT2D eigenvalue weighted by atomic mass is 10.1. The monoisotopic (exact) mass is 569 g/mol. The molecule has 3 aromatic carbocycles. The normalized spacial score (nSPS) is 12.3. The Balaban J connectivity index is 1.73. The number of anilines is 1. The van der Waals surface area contributed by atoms with Crippen molar-refractivity contribution in [2.75, 3.05) is 11.6 Å². The van der Waals surface area contributed by atoms with Crippen LogP contribution in [0.1, 0.15) is 15.9 Å². The van der Waals surface area contributed by atoms with Crippen LogP contribution < -0.4 is 10.1 Å². The van der Waals surface area contributed by atoms with Crippen LogP contribution in [0.5, 0.6) is 5.75 Å². The highest BCUT2D eigenvalue weighted by atomic mass is 32.2. The Morgan fingerprint density at radius 2 is 1.56 bits per heavy atom. The highest BCUT2D eigenvalue weighted by Crippen LogP contribution is 2.32. The average Bonchev–Trinajstić information content (AvgIpc) is 3.28. The Morgan fingerprint density at radius 3 is 2.13 bits per heavy atom. The van der Waals surface area contributed by atoms with Crippen molar-refractivity contribution in [1.82, 2.24) is 9.78 Å². The molecule has 0 spiro atoms. The summed E-state index contributed by atoms with van der Waals surface area (Å²) in [7, 11) is -3.53. The van der Waals surface area contributed by atoms with Gasteiger partial charge >= 0.3 is 12.5 Å². The van der Waals surface area contributed by atoms with Crippen molar-refractivity contribution in [1.29, 1.82) is 0 Å². The van der Waals surface area contributed by atoms with Crippen molar-refractivity contribution < 1.29 is 44.3 Å². The van der Waals surface area contributed by atoms with Gasteiger partial charge in [0.25, 0.3) is 5.91 Å². The van der Waals surface area contributed by atoms with Gasteiger partial charge in [-0.2, -0.15) is 18.3 Å². The van der Waals surface area contributed by atoms with E-state index in [1.54, 1.807) is 0 Å². The second kappa shape index (κ2) is 10.1. The first-order valence-corrected chi connectivity index (χ1v) is 12.7. The van der Waals surface area contributed by atoms with E-state index in [-0.39, 0.29) is 27.5 Å². The van der Waals surface area contributed by atoms with Crippen molar-refractivity contribution in [3.63, 3.8) is 0 Å². The molecule has 4 aromatic rings. The minimum Gasteiger partial charge on any atom is -0.406 e. The van der Waals surface area contributed by atoms with Gasteiger partial charge < -0.3 is 10.1 Å². The molecule has 0 unspecified atom stereocenters. The minimum atomic E-state index is -4.90. The van der Waals surface area contributed by atoms with E-state index >= 15 is 0 Å². The number of benzene rings is 3. The van der Waals surface area contributed by atoms with Crippen LogP contribution in [0.25, 0.3) is 16.9 Å². The maximum atomic E-state index is 13.2. The topological polar surface area (TPSA) is 90.3 Å². The standard InChI is InChI=1S/C25H17F6N3O4S/c1-39(36,37)20-11-5-15(6-12-20)22-21(23(35)32-17-4-2-3-16(13-17)24(26,27)28)14-34(33-22)18-7-9-19(10-8-18)38-25(29,30)31/h2-14H,1H3,(H,32,35). The van der Waals surface area contributed by atoms with Crippen LogP contribution in [0.3, 0.4) is 0 Å². The fourth-order valence-corrected chi connectivity index (χ4v) is 4.15. The van der Waals surface area contributed by atoms with Crippen LogP contribution in [0, 0.1) is 0 Å². The Hall–Kier alpha value is -4.33. The fourth-order valence-electron chi connectivity index (χ4n) is 3.52. The third-order valence-corrected chi connectivity index (χ3v) is 6.43. The molecule has 0 radical (unpaired) electrons. The zero-order valence-corrected chi connectivity index (χ0v) is 20.5. The maximum Gasteiger partial charge on any atom is 0.573 e. The predicted octanol–water partition coefficient (Wildman–Crippen LogP) is 6.11. The number of sulfone groups is 1. The number of halogens is 6. The number of carbonyl (C=O) groups excluding carboxylic acids is 1. The van der Waals surface area contributed by atoms with E-state index in [0.29, 0.717) is 5.56 Å². The van der Waals surface area contributed by atoms with E-state index in [4.69, 9.17) is 0 Å². The number of carbonyl (C=O) groups is 1. The van der Waals surface area contributed by atoms with Gasteiger partial charge in [0.2, 0.25) is 0 Å². The first kappa shape index (κ1) is 27.7. The third-order valence-electron chi connectivity index (χ3n) is 5.30. The Kier molecular flexibility index (Phi) is 7.17.